The van der Waals surface area contributed by atoms with E-state index in [2.05, 4.69) is 10.2 Å². The van der Waals surface area contributed by atoms with Gasteiger partial charge in [0.2, 0.25) is 0 Å². The maximum Gasteiger partial charge on any atom is 0.276 e. The first-order chi connectivity index (χ1) is 10.7. The van der Waals surface area contributed by atoms with E-state index in [1.54, 1.807) is 7.05 Å². The van der Waals surface area contributed by atoms with Crippen molar-refractivity contribution in [1.82, 2.24) is 19.9 Å². The van der Waals surface area contributed by atoms with Crippen LogP contribution in [0.4, 0.5) is 4.39 Å². The topological polar surface area (TPSA) is 71.2 Å². The number of likely N-dealkylation sites (N-methyl/N-ethyl adjacent to an activating group) is 1. The van der Waals surface area contributed by atoms with Gasteiger partial charge in [0.25, 0.3) is 5.91 Å². The van der Waals surface area contributed by atoms with Crippen molar-refractivity contribution >= 4 is 5.91 Å². The second-order valence-electron chi connectivity index (χ2n) is 6.48. The van der Waals surface area contributed by atoms with E-state index in [0.29, 0.717) is 5.69 Å². The van der Waals surface area contributed by atoms with E-state index in [9.17, 15) is 14.3 Å². The molecule has 6 nitrogen and oxygen atoms in total. The average molecular weight is 320 g/mol. The van der Waals surface area contributed by atoms with Gasteiger partial charge in [0, 0.05) is 7.05 Å². The monoisotopic (exact) mass is 320 g/mol. The van der Waals surface area contributed by atoms with Crippen LogP contribution in [0.3, 0.4) is 0 Å². The van der Waals surface area contributed by atoms with E-state index in [-0.39, 0.29) is 35.5 Å². The van der Waals surface area contributed by atoms with Crippen molar-refractivity contribution in [2.24, 2.45) is 5.41 Å². The Kier molecular flexibility index (Phi) is 4.79. The predicted molar refractivity (Wildman–Crippen MR) is 83.7 cm³/mol. The first kappa shape index (κ1) is 17.1. The Morgan fingerprint density at radius 2 is 1.96 bits per heavy atom. The summed E-state index contributed by atoms with van der Waals surface area (Å²) in [5.41, 5.74) is 0.453. The molecular formula is C16H21FN4O2. The Morgan fingerprint density at radius 3 is 2.48 bits per heavy atom. The normalized spacial score (nSPS) is 13.0. The molecule has 0 radical (unpaired) electrons. The van der Waals surface area contributed by atoms with E-state index in [4.69, 9.17) is 0 Å². The van der Waals surface area contributed by atoms with E-state index < -0.39 is 0 Å². The number of amides is 1. The summed E-state index contributed by atoms with van der Waals surface area (Å²) < 4.78 is 12.9. The molecule has 7 heteroatoms. The number of aromatic nitrogens is 3. The third-order valence-corrected chi connectivity index (χ3v) is 3.73. The van der Waals surface area contributed by atoms with Gasteiger partial charge in [-0.2, -0.15) is 9.90 Å². The zero-order valence-corrected chi connectivity index (χ0v) is 13.7. The zero-order chi connectivity index (χ0) is 17.2. The average Bonchev–Trinajstić information content (AvgIpc) is 2.96. The molecule has 0 bridgehead atoms. The summed E-state index contributed by atoms with van der Waals surface area (Å²) in [6.45, 7) is 5.71. The van der Waals surface area contributed by atoms with Gasteiger partial charge in [0.15, 0.2) is 5.69 Å². The SMILES string of the molecule is CN(C(=O)c1cnn(-c2ccc(F)cc2)n1)[C@@H](CO)C(C)(C)C. The minimum Gasteiger partial charge on any atom is -0.394 e. The number of aliphatic hydroxyl groups excluding tert-OH is 1. The highest BCUT2D eigenvalue weighted by atomic mass is 19.1. The molecule has 0 saturated carbocycles. The lowest BCUT2D eigenvalue weighted by molar-refractivity contribution is 0.0428. The standard InChI is InChI=1S/C16H21FN4O2/c1-16(2,3)14(10-22)20(4)15(23)13-9-18-21(19-13)12-7-5-11(17)6-8-12/h5-9,14,22H,10H2,1-4H3/t14-/m0/s1. The van der Waals surface area contributed by atoms with Gasteiger partial charge in [-0.3, -0.25) is 4.79 Å². The molecule has 1 N–H and O–H groups in total. The summed E-state index contributed by atoms with van der Waals surface area (Å²) in [5, 5.41) is 17.7. The fourth-order valence-electron chi connectivity index (χ4n) is 2.36. The van der Waals surface area contributed by atoms with E-state index >= 15 is 0 Å². The minimum absolute atomic E-state index is 0.141. The van der Waals surface area contributed by atoms with Gasteiger partial charge in [0.05, 0.1) is 24.5 Å². The molecule has 0 aliphatic carbocycles. The van der Waals surface area contributed by atoms with Crippen LogP contribution in [-0.4, -0.2) is 50.6 Å². The predicted octanol–water partition coefficient (Wildman–Crippen LogP) is 1.89. The smallest absolute Gasteiger partial charge is 0.276 e. The Hall–Kier alpha value is -2.28. The fourth-order valence-corrected chi connectivity index (χ4v) is 2.36. The van der Waals surface area contributed by atoms with Crippen LogP contribution in [0.15, 0.2) is 30.5 Å². The van der Waals surface area contributed by atoms with E-state index in [1.165, 1.54) is 40.2 Å². The van der Waals surface area contributed by atoms with Crippen LogP contribution in [0.5, 0.6) is 0 Å². The molecule has 0 aliphatic heterocycles. The number of carbonyl (C=O) groups is 1. The van der Waals surface area contributed by atoms with Crippen molar-refractivity contribution in [2.45, 2.75) is 26.8 Å². The van der Waals surface area contributed by atoms with Gasteiger partial charge >= 0.3 is 0 Å². The summed E-state index contributed by atoms with van der Waals surface area (Å²) in [5.74, 6) is -0.680. The third-order valence-electron chi connectivity index (χ3n) is 3.73. The van der Waals surface area contributed by atoms with Crippen molar-refractivity contribution in [2.75, 3.05) is 13.7 Å². The number of aliphatic hydroxyl groups is 1. The molecule has 0 spiro atoms. The van der Waals surface area contributed by atoms with Crippen molar-refractivity contribution < 1.29 is 14.3 Å². The van der Waals surface area contributed by atoms with Gasteiger partial charge in [0.1, 0.15) is 5.82 Å². The molecule has 0 saturated heterocycles. The molecule has 1 heterocycles. The van der Waals surface area contributed by atoms with Crippen molar-refractivity contribution in [1.29, 1.82) is 0 Å². The Balaban J connectivity index is 2.22. The number of halogens is 1. The van der Waals surface area contributed by atoms with E-state index in [0.717, 1.165) is 0 Å². The van der Waals surface area contributed by atoms with Crippen LogP contribution in [-0.2, 0) is 0 Å². The molecular weight excluding hydrogens is 299 g/mol. The highest BCUT2D eigenvalue weighted by Gasteiger charge is 2.32. The molecule has 1 atom stereocenters. The fraction of sp³-hybridized carbons (Fsp3) is 0.438. The molecule has 0 unspecified atom stereocenters. The number of rotatable bonds is 4. The van der Waals surface area contributed by atoms with Gasteiger partial charge in [-0.25, -0.2) is 4.39 Å². The summed E-state index contributed by atoms with van der Waals surface area (Å²) >= 11 is 0. The highest BCUT2D eigenvalue weighted by molar-refractivity contribution is 5.92. The molecule has 1 aromatic carbocycles. The number of carbonyl (C=O) groups excluding carboxylic acids is 1. The third kappa shape index (κ3) is 3.73. The summed E-state index contributed by atoms with van der Waals surface area (Å²) in [6.07, 6.45) is 1.36. The van der Waals surface area contributed by atoms with Crippen molar-refractivity contribution in [3.8, 4) is 5.69 Å². The summed E-state index contributed by atoms with van der Waals surface area (Å²) in [4.78, 5) is 15.3. The molecule has 23 heavy (non-hydrogen) atoms. The summed E-state index contributed by atoms with van der Waals surface area (Å²) in [7, 11) is 1.63. The maximum atomic E-state index is 12.9. The van der Waals surface area contributed by atoms with Crippen LogP contribution < -0.4 is 0 Å². The van der Waals surface area contributed by atoms with Crippen LogP contribution in [0.25, 0.3) is 5.69 Å². The molecule has 124 valence electrons. The van der Waals surface area contributed by atoms with Crippen LogP contribution in [0.1, 0.15) is 31.3 Å². The number of hydrogen-bond acceptors (Lipinski definition) is 4. The molecule has 0 fully saturated rings. The summed E-state index contributed by atoms with van der Waals surface area (Å²) in [6, 6.07) is 5.31. The zero-order valence-electron chi connectivity index (χ0n) is 13.7. The molecule has 0 aliphatic rings. The largest absolute Gasteiger partial charge is 0.394 e. The Bertz CT molecular complexity index is 676. The highest BCUT2D eigenvalue weighted by Crippen LogP contribution is 2.24. The first-order valence-electron chi connectivity index (χ1n) is 7.30. The number of hydrogen-bond donors (Lipinski definition) is 1. The maximum absolute atomic E-state index is 12.9. The lowest BCUT2D eigenvalue weighted by Gasteiger charge is -2.36. The molecule has 1 amide bonds. The number of nitrogens with zero attached hydrogens (tertiary/aromatic N) is 4. The quantitative estimate of drug-likeness (QED) is 0.934. The van der Waals surface area contributed by atoms with Crippen LogP contribution in [0, 0.1) is 11.2 Å². The molecule has 2 rings (SSSR count). The Labute approximate surface area is 134 Å². The lowest BCUT2D eigenvalue weighted by atomic mass is 9.86. The molecule has 1 aromatic heterocycles. The second-order valence-corrected chi connectivity index (χ2v) is 6.48. The minimum atomic E-state index is -0.354. The van der Waals surface area contributed by atoms with Gasteiger partial charge in [-0.05, 0) is 29.7 Å². The number of benzene rings is 1. The van der Waals surface area contributed by atoms with Gasteiger partial charge in [-0.1, -0.05) is 20.8 Å². The van der Waals surface area contributed by atoms with Crippen molar-refractivity contribution in [3.05, 3.63) is 42.0 Å². The van der Waals surface area contributed by atoms with Crippen LogP contribution >= 0.6 is 0 Å². The van der Waals surface area contributed by atoms with Gasteiger partial charge < -0.3 is 10.0 Å². The lowest BCUT2D eigenvalue weighted by Crippen LogP contribution is -2.47. The Morgan fingerprint density at radius 1 is 1.35 bits per heavy atom. The van der Waals surface area contributed by atoms with E-state index in [1.807, 2.05) is 20.8 Å². The van der Waals surface area contributed by atoms with Crippen molar-refractivity contribution in [3.63, 3.8) is 0 Å². The van der Waals surface area contributed by atoms with Crippen LogP contribution in [0.2, 0.25) is 0 Å². The van der Waals surface area contributed by atoms with Gasteiger partial charge in [-0.15, -0.1) is 5.10 Å². The first-order valence-corrected chi connectivity index (χ1v) is 7.30. The molecule has 2 aromatic rings. The second kappa shape index (κ2) is 6.45.